The van der Waals surface area contributed by atoms with Crippen molar-refractivity contribution in [1.29, 1.82) is 0 Å². The van der Waals surface area contributed by atoms with Gasteiger partial charge in [0.1, 0.15) is 5.82 Å². The number of anilines is 2. The second kappa shape index (κ2) is 4.65. The molecule has 0 saturated carbocycles. The highest BCUT2D eigenvalue weighted by Crippen LogP contribution is 2.12. The topological polar surface area (TPSA) is 68.0 Å². The molecule has 0 bridgehead atoms. The van der Waals surface area contributed by atoms with Crippen molar-refractivity contribution in [3.8, 4) is 0 Å². The minimum absolute atomic E-state index is 0.209. The van der Waals surface area contributed by atoms with Gasteiger partial charge in [-0.3, -0.25) is 4.79 Å². The smallest absolute Gasteiger partial charge is 0.256 e. The number of nitrogen functional groups attached to an aromatic ring is 1. The van der Waals surface area contributed by atoms with Crippen LogP contribution in [0.5, 0.6) is 0 Å². The van der Waals surface area contributed by atoms with Crippen molar-refractivity contribution in [3.05, 3.63) is 53.7 Å². The van der Waals surface area contributed by atoms with E-state index in [2.05, 4.69) is 10.3 Å². The highest BCUT2D eigenvalue weighted by Gasteiger charge is 2.07. The molecule has 0 atom stereocenters. The van der Waals surface area contributed by atoms with Crippen LogP contribution in [0.25, 0.3) is 0 Å². The van der Waals surface area contributed by atoms with Crippen LogP contribution in [-0.2, 0) is 0 Å². The van der Waals surface area contributed by atoms with Gasteiger partial charge in [-0.05, 0) is 42.8 Å². The Bertz CT molecular complexity index is 517. The SMILES string of the molecule is Cc1cc(N)cc(C(=O)Nc2ccccn2)c1. The molecule has 0 aliphatic heterocycles. The minimum Gasteiger partial charge on any atom is -0.399 e. The van der Waals surface area contributed by atoms with E-state index in [1.807, 2.05) is 19.1 Å². The van der Waals surface area contributed by atoms with Crippen LogP contribution in [0.3, 0.4) is 0 Å². The van der Waals surface area contributed by atoms with E-state index in [9.17, 15) is 4.79 Å². The molecule has 2 rings (SSSR count). The number of hydrogen-bond donors (Lipinski definition) is 2. The molecule has 3 N–H and O–H groups in total. The molecule has 1 amide bonds. The molecule has 1 aromatic carbocycles. The number of aryl methyl sites for hydroxylation is 1. The maximum Gasteiger partial charge on any atom is 0.256 e. The van der Waals surface area contributed by atoms with Crippen LogP contribution in [-0.4, -0.2) is 10.9 Å². The molecule has 17 heavy (non-hydrogen) atoms. The Labute approximate surface area is 99.5 Å². The van der Waals surface area contributed by atoms with Crippen molar-refractivity contribution in [2.45, 2.75) is 6.92 Å². The van der Waals surface area contributed by atoms with E-state index >= 15 is 0 Å². The summed E-state index contributed by atoms with van der Waals surface area (Å²) in [7, 11) is 0. The van der Waals surface area contributed by atoms with Crippen molar-refractivity contribution in [1.82, 2.24) is 4.98 Å². The van der Waals surface area contributed by atoms with Gasteiger partial charge < -0.3 is 11.1 Å². The zero-order valence-electron chi connectivity index (χ0n) is 9.47. The summed E-state index contributed by atoms with van der Waals surface area (Å²) in [5.74, 6) is 0.316. The number of carbonyl (C=O) groups excluding carboxylic acids is 1. The lowest BCUT2D eigenvalue weighted by atomic mass is 10.1. The molecule has 0 aliphatic carbocycles. The highest BCUT2D eigenvalue weighted by molar-refractivity contribution is 6.04. The number of rotatable bonds is 2. The van der Waals surface area contributed by atoms with Crippen molar-refractivity contribution >= 4 is 17.4 Å². The van der Waals surface area contributed by atoms with Crippen LogP contribution in [0, 0.1) is 6.92 Å². The lowest BCUT2D eigenvalue weighted by molar-refractivity contribution is 0.102. The number of hydrogen-bond acceptors (Lipinski definition) is 3. The lowest BCUT2D eigenvalue weighted by Crippen LogP contribution is -2.13. The number of nitrogens with zero attached hydrogens (tertiary/aromatic N) is 1. The number of benzene rings is 1. The lowest BCUT2D eigenvalue weighted by Gasteiger charge is -2.06. The standard InChI is InChI=1S/C13H13N3O/c1-9-6-10(8-11(14)7-9)13(17)16-12-4-2-3-5-15-12/h2-8H,14H2,1H3,(H,15,16,17). The molecule has 0 radical (unpaired) electrons. The molecule has 1 aromatic heterocycles. The summed E-state index contributed by atoms with van der Waals surface area (Å²) in [6, 6.07) is 10.6. The number of pyridine rings is 1. The predicted octanol–water partition coefficient (Wildman–Crippen LogP) is 2.22. The molecule has 0 unspecified atom stereocenters. The van der Waals surface area contributed by atoms with Crippen LogP contribution in [0.2, 0.25) is 0 Å². The first-order valence-corrected chi connectivity index (χ1v) is 5.25. The summed E-state index contributed by atoms with van der Waals surface area (Å²) < 4.78 is 0. The second-order valence-corrected chi connectivity index (χ2v) is 3.80. The molecule has 0 fully saturated rings. The van der Waals surface area contributed by atoms with E-state index < -0.39 is 0 Å². The van der Waals surface area contributed by atoms with Crippen molar-refractivity contribution < 1.29 is 4.79 Å². The van der Waals surface area contributed by atoms with E-state index in [0.29, 0.717) is 17.1 Å². The number of carbonyl (C=O) groups is 1. The van der Waals surface area contributed by atoms with Crippen molar-refractivity contribution in [3.63, 3.8) is 0 Å². The Morgan fingerprint density at radius 3 is 2.76 bits per heavy atom. The van der Waals surface area contributed by atoms with Crippen LogP contribution in [0.4, 0.5) is 11.5 Å². The van der Waals surface area contributed by atoms with E-state index in [1.54, 1.807) is 30.5 Å². The Morgan fingerprint density at radius 1 is 1.29 bits per heavy atom. The number of nitrogens with one attached hydrogen (secondary N) is 1. The minimum atomic E-state index is -0.209. The summed E-state index contributed by atoms with van der Waals surface area (Å²) in [4.78, 5) is 15.9. The molecule has 0 spiro atoms. The molecule has 0 aliphatic rings. The molecule has 86 valence electrons. The molecule has 1 heterocycles. The van der Waals surface area contributed by atoms with Crippen LogP contribution >= 0.6 is 0 Å². The summed E-state index contributed by atoms with van der Waals surface area (Å²) in [5.41, 5.74) is 7.76. The third-order valence-electron chi connectivity index (χ3n) is 2.27. The van der Waals surface area contributed by atoms with E-state index in [4.69, 9.17) is 5.73 Å². The zero-order valence-corrected chi connectivity index (χ0v) is 9.47. The largest absolute Gasteiger partial charge is 0.399 e. The van der Waals surface area contributed by atoms with Crippen LogP contribution < -0.4 is 11.1 Å². The number of aromatic nitrogens is 1. The molecule has 0 saturated heterocycles. The van der Waals surface area contributed by atoms with Crippen LogP contribution in [0.1, 0.15) is 15.9 Å². The fraction of sp³-hybridized carbons (Fsp3) is 0.0769. The summed E-state index contributed by atoms with van der Waals surface area (Å²) in [6.45, 7) is 1.90. The molecular weight excluding hydrogens is 214 g/mol. The van der Waals surface area contributed by atoms with Gasteiger partial charge in [0.2, 0.25) is 0 Å². The average Bonchev–Trinajstić information content (AvgIpc) is 2.29. The van der Waals surface area contributed by atoms with E-state index in [0.717, 1.165) is 5.56 Å². The Morgan fingerprint density at radius 2 is 2.12 bits per heavy atom. The van der Waals surface area contributed by atoms with Gasteiger partial charge in [0.15, 0.2) is 0 Å². The summed E-state index contributed by atoms with van der Waals surface area (Å²) in [5, 5.41) is 2.71. The summed E-state index contributed by atoms with van der Waals surface area (Å²) >= 11 is 0. The quantitative estimate of drug-likeness (QED) is 0.773. The van der Waals surface area contributed by atoms with Gasteiger partial charge in [0.25, 0.3) is 5.91 Å². The van der Waals surface area contributed by atoms with E-state index in [-0.39, 0.29) is 5.91 Å². The van der Waals surface area contributed by atoms with E-state index in [1.165, 1.54) is 0 Å². The third-order valence-corrected chi connectivity index (χ3v) is 2.27. The fourth-order valence-corrected chi connectivity index (χ4v) is 1.57. The van der Waals surface area contributed by atoms with Gasteiger partial charge in [0, 0.05) is 17.4 Å². The van der Waals surface area contributed by atoms with Gasteiger partial charge >= 0.3 is 0 Å². The van der Waals surface area contributed by atoms with Gasteiger partial charge in [0.05, 0.1) is 0 Å². The third kappa shape index (κ3) is 2.81. The Balaban J connectivity index is 2.20. The average molecular weight is 227 g/mol. The Hall–Kier alpha value is -2.36. The first kappa shape index (κ1) is 11.1. The fourth-order valence-electron chi connectivity index (χ4n) is 1.57. The predicted molar refractivity (Wildman–Crippen MR) is 67.8 cm³/mol. The first-order valence-electron chi connectivity index (χ1n) is 5.25. The molecule has 4 heteroatoms. The maximum absolute atomic E-state index is 11.9. The van der Waals surface area contributed by atoms with Gasteiger partial charge in [-0.15, -0.1) is 0 Å². The monoisotopic (exact) mass is 227 g/mol. The Kier molecular flexibility index (Phi) is 3.05. The number of amides is 1. The molecule has 4 nitrogen and oxygen atoms in total. The highest BCUT2D eigenvalue weighted by atomic mass is 16.1. The zero-order chi connectivity index (χ0) is 12.3. The first-order chi connectivity index (χ1) is 8.15. The molecule has 2 aromatic rings. The van der Waals surface area contributed by atoms with Gasteiger partial charge in [-0.1, -0.05) is 6.07 Å². The van der Waals surface area contributed by atoms with Gasteiger partial charge in [-0.2, -0.15) is 0 Å². The van der Waals surface area contributed by atoms with Crippen molar-refractivity contribution in [2.75, 3.05) is 11.1 Å². The summed E-state index contributed by atoms with van der Waals surface area (Å²) in [6.07, 6.45) is 1.63. The maximum atomic E-state index is 11.9. The van der Waals surface area contributed by atoms with Gasteiger partial charge in [-0.25, -0.2) is 4.98 Å². The second-order valence-electron chi connectivity index (χ2n) is 3.80. The normalized spacial score (nSPS) is 9.94. The van der Waals surface area contributed by atoms with Crippen LogP contribution in [0.15, 0.2) is 42.6 Å². The molecular formula is C13H13N3O. The van der Waals surface area contributed by atoms with Crippen molar-refractivity contribution in [2.24, 2.45) is 0 Å². The number of nitrogens with two attached hydrogens (primary N) is 1.